The number of carbonyl (C=O) groups is 2. The van der Waals surface area contributed by atoms with E-state index in [2.05, 4.69) is 15.6 Å². The predicted octanol–water partition coefficient (Wildman–Crippen LogP) is 3.01. The van der Waals surface area contributed by atoms with Crippen LogP contribution in [-0.2, 0) is 0 Å². The van der Waals surface area contributed by atoms with E-state index in [4.69, 9.17) is 4.74 Å². The molecule has 0 saturated heterocycles. The third kappa shape index (κ3) is 4.35. The lowest BCUT2D eigenvalue weighted by Crippen LogP contribution is -2.32. The average molecular weight is 339 g/mol. The summed E-state index contributed by atoms with van der Waals surface area (Å²) in [6.07, 6.45) is 5.80. The van der Waals surface area contributed by atoms with Gasteiger partial charge in [-0.3, -0.25) is 14.6 Å². The highest BCUT2D eigenvalue weighted by molar-refractivity contribution is 6.04. The zero-order valence-corrected chi connectivity index (χ0v) is 14.1. The summed E-state index contributed by atoms with van der Waals surface area (Å²) in [5.41, 5.74) is 1.24. The van der Waals surface area contributed by atoms with Gasteiger partial charge in [-0.2, -0.15) is 0 Å². The Morgan fingerprint density at radius 2 is 1.92 bits per heavy atom. The van der Waals surface area contributed by atoms with Gasteiger partial charge in [0.05, 0.1) is 7.11 Å². The number of ether oxygens (including phenoxy) is 1. The molecule has 0 aliphatic heterocycles. The molecular formula is C19H21N3O3. The van der Waals surface area contributed by atoms with Gasteiger partial charge >= 0.3 is 0 Å². The van der Waals surface area contributed by atoms with Gasteiger partial charge < -0.3 is 15.4 Å². The summed E-state index contributed by atoms with van der Waals surface area (Å²) < 4.78 is 5.14. The molecule has 0 atom stereocenters. The first kappa shape index (κ1) is 17.0. The summed E-state index contributed by atoms with van der Waals surface area (Å²) in [5.74, 6) is 0.115. The molecule has 1 fully saturated rings. The van der Waals surface area contributed by atoms with Crippen LogP contribution < -0.4 is 15.4 Å². The number of carbonyl (C=O) groups excluding carboxylic acids is 2. The first-order valence-corrected chi connectivity index (χ1v) is 8.38. The molecule has 130 valence electrons. The van der Waals surface area contributed by atoms with Gasteiger partial charge in [0.2, 0.25) is 0 Å². The molecule has 0 unspecified atom stereocenters. The first-order valence-electron chi connectivity index (χ1n) is 8.38. The summed E-state index contributed by atoms with van der Waals surface area (Å²) in [7, 11) is 1.56. The summed E-state index contributed by atoms with van der Waals surface area (Å²) in [4.78, 5) is 28.8. The lowest BCUT2D eigenvalue weighted by Gasteiger charge is -2.12. The quantitative estimate of drug-likeness (QED) is 0.877. The van der Waals surface area contributed by atoms with E-state index >= 15 is 0 Å². The molecule has 6 nitrogen and oxygen atoms in total. The molecule has 2 N–H and O–H groups in total. The SMILES string of the molecule is COc1cccc(NC(=O)c2cc(C(=O)NC3CCCC3)ccn2)c1. The summed E-state index contributed by atoms with van der Waals surface area (Å²) in [6, 6.07) is 10.4. The molecule has 1 aromatic heterocycles. The number of pyridine rings is 1. The fourth-order valence-electron chi connectivity index (χ4n) is 2.93. The minimum atomic E-state index is -0.372. The van der Waals surface area contributed by atoms with E-state index in [1.165, 1.54) is 12.3 Å². The van der Waals surface area contributed by atoms with Crippen molar-refractivity contribution in [2.75, 3.05) is 12.4 Å². The van der Waals surface area contributed by atoms with E-state index < -0.39 is 0 Å². The van der Waals surface area contributed by atoms with Crippen molar-refractivity contribution in [3.8, 4) is 5.75 Å². The van der Waals surface area contributed by atoms with Gasteiger partial charge in [-0.15, -0.1) is 0 Å². The van der Waals surface area contributed by atoms with Crippen molar-refractivity contribution in [3.05, 3.63) is 53.9 Å². The third-order valence-corrected chi connectivity index (χ3v) is 4.27. The number of nitrogens with one attached hydrogen (secondary N) is 2. The van der Waals surface area contributed by atoms with E-state index in [9.17, 15) is 9.59 Å². The number of benzene rings is 1. The van der Waals surface area contributed by atoms with Crippen LogP contribution in [-0.4, -0.2) is 29.9 Å². The number of nitrogens with zero attached hydrogens (tertiary/aromatic N) is 1. The number of hydrogen-bond acceptors (Lipinski definition) is 4. The maximum Gasteiger partial charge on any atom is 0.274 e. The molecule has 25 heavy (non-hydrogen) atoms. The monoisotopic (exact) mass is 339 g/mol. The normalized spacial score (nSPS) is 14.1. The average Bonchev–Trinajstić information content (AvgIpc) is 3.15. The van der Waals surface area contributed by atoms with Crippen molar-refractivity contribution in [2.24, 2.45) is 0 Å². The van der Waals surface area contributed by atoms with Crippen molar-refractivity contribution in [2.45, 2.75) is 31.7 Å². The number of anilines is 1. The molecule has 1 aliphatic carbocycles. The second-order valence-corrected chi connectivity index (χ2v) is 6.07. The largest absolute Gasteiger partial charge is 0.497 e. The Bertz CT molecular complexity index is 770. The second kappa shape index (κ2) is 7.79. The summed E-state index contributed by atoms with van der Waals surface area (Å²) in [6.45, 7) is 0. The van der Waals surface area contributed by atoms with Gasteiger partial charge in [-0.1, -0.05) is 18.9 Å². The minimum Gasteiger partial charge on any atom is -0.497 e. The number of aromatic nitrogens is 1. The fourth-order valence-corrected chi connectivity index (χ4v) is 2.93. The van der Waals surface area contributed by atoms with Gasteiger partial charge in [-0.05, 0) is 37.1 Å². The van der Waals surface area contributed by atoms with E-state index in [1.54, 1.807) is 37.4 Å². The number of methoxy groups -OCH3 is 1. The minimum absolute atomic E-state index is 0.162. The second-order valence-electron chi connectivity index (χ2n) is 6.07. The Labute approximate surface area is 146 Å². The van der Waals surface area contributed by atoms with Crippen molar-refractivity contribution < 1.29 is 14.3 Å². The van der Waals surface area contributed by atoms with Crippen LogP contribution in [0.5, 0.6) is 5.75 Å². The van der Waals surface area contributed by atoms with Crippen LogP contribution in [0.15, 0.2) is 42.6 Å². The fraction of sp³-hybridized carbons (Fsp3) is 0.316. The molecular weight excluding hydrogens is 318 g/mol. The third-order valence-electron chi connectivity index (χ3n) is 4.27. The molecule has 1 saturated carbocycles. The number of rotatable bonds is 5. The Kier molecular flexibility index (Phi) is 5.28. The smallest absolute Gasteiger partial charge is 0.274 e. The van der Waals surface area contributed by atoms with Crippen LogP contribution in [0, 0.1) is 0 Å². The van der Waals surface area contributed by atoms with Crippen molar-refractivity contribution in [1.29, 1.82) is 0 Å². The van der Waals surface area contributed by atoms with Crippen LogP contribution >= 0.6 is 0 Å². The molecule has 1 aliphatic rings. The molecule has 0 bridgehead atoms. The van der Waals surface area contributed by atoms with Gasteiger partial charge in [0.25, 0.3) is 11.8 Å². The van der Waals surface area contributed by atoms with Crippen LogP contribution in [0.25, 0.3) is 0 Å². The van der Waals surface area contributed by atoms with Crippen molar-refractivity contribution in [1.82, 2.24) is 10.3 Å². The van der Waals surface area contributed by atoms with Gasteiger partial charge in [-0.25, -0.2) is 0 Å². The predicted molar refractivity (Wildman–Crippen MR) is 94.9 cm³/mol. The highest BCUT2D eigenvalue weighted by atomic mass is 16.5. The summed E-state index contributed by atoms with van der Waals surface area (Å²) >= 11 is 0. The zero-order chi connectivity index (χ0) is 17.6. The van der Waals surface area contributed by atoms with Crippen LogP contribution in [0.3, 0.4) is 0 Å². The van der Waals surface area contributed by atoms with Crippen LogP contribution in [0.4, 0.5) is 5.69 Å². The molecule has 0 radical (unpaired) electrons. The van der Waals surface area contributed by atoms with Crippen LogP contribution in [0.1, 0.15) is 46.5 Å². The Hall–Kier alpha value is -2.89. The standard InChI is InChI=1S/C19H21N3O3/c1-25-16-8-4-7-15(12-16)22-19(24)17-11-13(9-10-20-17)18(23)21-14-5-2-3-6-14/h4,7-12,14H,2-3,5-6H2,1H3,(H,21,23)(H,22,24). The number of amides is 2. The molecule has 3 rings (SSSR count). The van der Waals surface area contributed by atoms with E-state index in [0.717, 1.165) is 25.7 Å². The maximum atomic E-state index is 12.4. The Morgan fingerprint density at radius 1 is 1.12 bits per heavy atom. The lowest BCUT2D eigenvalue weighted by molar-refractivity contribution is 0.0937. The van der Waals surface area contributed by atoms with E-state index in [-0.39, 0.29) is 23.6 Å². The Balaban J connectivity index is 1.69. The maximum absolute atomic E-state index is 12.4. The van der Waals surface area contributed by atoms with E-state index in [0.29, 0.717) is 17.0 Å². The van der Waals surface area contributed by atoms with Crippen molar-refractivity contribution in [3.63, 3.8) is 0 Å². The lowest BCUT2D eigenvalue weighted by atomic mass is 10.1. The highest BCUT2D eigenvalue weighted by Crippen LogP contribution is 2.19. The molecule has 2 amide bonds. The van der Waals surface area contributed by atoms with Gasteiger partial charge in [0.15, 0.2) is 0 Å². The molecule has 1 heterocycles. The van der Waals surface area contributed by atoms with E-state index in [1.807, 2.05) is 0 Å². The van der Waals surface area contributed by atoms with Crippen molar-refractivity contribution >= 4 is 17.5 Å². The van der Waals surface area contributed by atoms with Gasteiger partial charge in [0, 0.05) is 29.6 Å². The van der Waals surface area contributed by atoms with Gasteiger partial charge in [0.1, 0.15) is 11.4 Å². The Morgan fingerprint density at radius 3 is 2.68 bits per heavy atom. The molecule has 2 aromatic rings. The molecule has 1 aromatic carbocycles. The van der Waals surface area contributed by atoms with Crippen LogP contribution in [0.2, 0.25) is 0 Å². The molecule has 0 spiro atoms. The molecule has 6 heteroatoms. The first-order chi connectivity index (χ1) is 12.2. The number of hydrogen-bond donors (Lipinski definition) is 2. The topological polar surface area (TPSA) is 80.3 Å². The zero-order valence-electron chi connectivity index (χ0n) is 14.1. The highest BCUT2D eigenvalue weighted by Gasteiger charge is 2.19. The summed E-state index contributed by atoms with van der Waals surface area (Å²) in [5, 5.41) is 5.77.